The number of nitrogens with one attached hydrogen (secondary N) is 2. The van der Waals surface area contributed by atoms with Gasteiger partial charge in [0.05, 0.1) is 11.4 Å². The van der Waals surface area contributed by atoms with Gasteiger partial charge in [-0.05, 0) is 12.1 Å². The molecule has 0 spiro atoms. The Labute approximate surface area is 93.8 Å². The van der Waals surface area contributed by atoms with E-state index in [1.807, 2.05) is 54.6 Å². The molecule has 78 valence electrons. The first kappa shape index (κ1) is 8.97. The highest BCUT2D eigenvalue weighted by Crippen LogP contribution is 2.26. The molecule has 0 saturated heterocycles. The number of hydrogen-bond donors (Lipinski definition) is 2. The van der Waals surface area contributed by atoms with E-state index in [0.717, 1.165) is 22.8 Å². The first-order valence-corrected chi connectivity index (χ1v) is 5.19. The number of para-hydroxylation sites is 2. The van der Waals surface area contributed by atoms with Crippen molar-refractivity contribution < 1.29 is 0 Å². The first-order chi connectivity index (χ1) is 7.93. The minimum atomic E-state index is 0.847. The summed E-state index contributed by atoms with van der Waals surface area (Å²) >= 11 is 0. The summed E-state index contributed by atoms with van der Waals surface area (Å²) in [7, 11) is 0. The molecule has 1 heterocycles. The quantitative estimate of drug-likeness (QED) is 0.757. The lowest BCUT2D eigenvalue weighted by Crippen LogP contribution is -2.32. The topological polar surface area (TPSA) is 36.4 Å². The van der Waals surface area contributed by atoms with Crippen LogP contribution in [0, 0.1) is 0 Å². The number of hydrogen-bond acceptors (Lipinski definition) is 3. The Morgan fingerprint density at radius 3 is 2.38 bits per heavy atom. The number of nitrogens with zero attached hydrogens (tertiary/aromatic N) is 1. The molecule has 1 aliphatic rings. The van der Waals surface area contributed by atoms with E-state index in [1.54, 1.807) is 0 Å². The molecule has 3 nitrogen and oxygen atoms in total. The van der Waals surface area contributed by atoms with Crippen LogP contribution >= 0.6 is 0 Å². The fraction of sp³-hybridized carbons (Fsp3) is 0. The van der Waals surface area contributed by atoms with Crippen molar-refractivity contribution in [2.75, 3.05) is 5.43 Å². The lowest BCUT2D eigenvalue weighted by atomic mass is 10.2. The zero-order valence-electron chi connectivity index (χ0n) is 8.64. The Bertz CT molecular complexity index is 532. The number of rotatable bonds is 1. The Morgan fingerprint density at radius 1 is 0.750 bits per heavy atom. The summed E-state index contributed by atoms with van der Waals surface area (Å²) in [6, 6.07) is 18.0. The fourth-order valence-electron chi connectivity index (χ4n) is 1.68. The van der Waals surface area contributed by atoms with Crippen LogP contribution in [0.15, 0.2) is 59.6 Å². The molecule has 2 aromatic carbocycles. The van der Waals surface area contributed by atoms with Crippen molar-refractivity contribution in [1.82, 2.24) is 5.43 Å². The summed E-state index contributed by atoms with van der Waals surface area (Å²) in [6.45, 7) is 0. The number of anilines is 1. The molecule has 16 heavy (non-hydrogen) atoms. The zero-order chi connectivity index (χ0) is 10.8. The van der Waals surface area contributed by atoms with Gasteiger partial charge in [0, 0.05) is 5.56 Å². The normalized spacial score (nSPS) is 13.1. The predicted octanol–water partition coefficient (Wildman–Crippen LogP) is 2.69. The fourth-order valence-corrected chi connectivity index (χ4v) is 1.68. The molecule has 0 radical (unpaired) electrons. The molecule has 1 aliphatic heterocycles. The van der Waals surface area contributed by atoms with Crippen LogP contribution in [-0.2, 0) is 0 Å². The number of amidine groups is 1. The Hall–Kier alpha value is -2.29. The maximum atomic E-state index is 4.56. The average Bonchev–Trinajstić information content (AvgIpc) is 2.39. The van der Waals surface area contributed by atoms with Gasteiger partial charge in [-0.15, -0.1) is 0 Å². The summed E-state index contributed by atoms with van der Waals surface area (Å²) in [5, 5.41) is 0. The van der Waals surface area contributed by atoms with Crippen molar-refractivity contribution in [2.24, 2.45) is 4.99 Å². The van der Waals surface area contributed by atoms with E-state index < -0.39 is 0 Å². The minimum Gasteiger partial charge on any atom is -0.297 e. The van der Waals surface area contributed by atoms with Crippen LogP contribution in [0.3, 0.4) is 0 Å². The third-order valence-corrected chi connectivity index (χ3v) is 2.50. The molecule has 0 atom stereocenters. The second-order valence-electron chi connectivity index (χ2n) is 3.59. The Balaban J connectivity index is 2.04. The van der Waals surface area contributed by atoms with Crippen LogP contribution in [0.1, 0.15) is 5.56 Å². The highest BCUT2D eigenvalue weighted by Gasteiger charge is 2.10. The third-order valence-electron chi connectivity index (χ3n) is 2.50. The van der Waals surface area contributed by atoms with Crippen molar-refractivity contribution in [1.29, 1.82) is 0 Å². The highest BCUT2D eigenvalue weighted by atomic mass is 15.4. The van der Waals surface area contributed by atoms with Crippen molar-refractivity contribution in [3.05, 3.63) is 60.2 Å². The summed E-state index contributed by atoms with van der Waals surface area (Å²) in [6.07, 6.45) is 0. The van der Waals surface area contributed by atoms with Crippen molar-refractivity contribution in [3.8, 4) is 0 Å². The van der Waals surface area contributed by atoms with Crippen LogP contribution in [0.2, 0.25) is 0 Å². The van der Waals surface area contributed by atoms with E-state index in [1.165, 1.54) is 0 Å². The van der Waals surface area contributed by atoms with Crippen LogP contribution in [0.25, 0.3) is 0 Å². The standard InChI is InChI=1S/C13H11N3/c1-2-6-10(7-3-1)13-14-11-8-4-5-9-12(11)15-16-13/h1-9,15H,(H,14,16). The second-order valence-corrected chi connectivity index (χ2v) is 3.59. The number of benzene rings is 2. The van der Waals surface area contributed by atoms with E-state index in [2.05, 4.69) is 15.8 Å². The van der Waals surface area contributed by atoms with Gasteiger partial charge in [0.2, 0.25) is 0 Å². The molecule has 0 unspecified atom stereocenters. The van der Waals surface area contributed by atoms with Gasteiger partial charge in [0.1, 0.15) is 0 Å². The van der Waals surface area contributed by atoms with E-state index in [-0.39, 0.29) is 0 Å². The molecule has 0 saturated carbocycles. The smallest absolute Gasteiger partial charge is 0.152 e. The minimum absolute atomic E-state index is 0.847. The van der Waals surface area contributed by atoms with E-state index in [0.29, 0.717) is 0 Å². The van der Waals surface area contributed by atoms with Gasteiger partial charge in [-0.2, -0.15) is 0 Å². The molecule has 3 rings (SSSR count). The second kappa shape index (κ2) is 3.70. The van der Waals surface area contributed by atoms with Gasteiger partial charge in [0.15, 0.2) is 5.84 Å². The number of fused-ring (bicyclic) bond motifs is 1. The molecule has 2 aromatic rings. The molecule has 0 aliphatic carbocycles. The van der Waals surface area contributed by atoms with Gasteiger partial charge in [-0.3, -0.25) is 10.9 Å². The Kier molecular flexibility index (Phi) is 2.07. The van der Waals surface area contributed by atoms with E-state index >= 15 is 0 Å². The first-order valence-electron chi connectivity index (χ1n) is 5.19. The lowest BCUT2D eigenvalue weighted by molar-refractivity contribution is 1.09. The largest absolute Gasteiger partial charge is 0.297 e. The Morgan fingerprint density at radius 2 is 1.50 bits per heavy atom. The summed E-state index contributed by atoms with van der Waals surface area (Å²) < 4.78 is 0. The van der Waals surface area contributed by atoms with Gasteiger partial charge in [-0.25, -0.2) is 4.99 Å². The van der Waals surface area contributed by atoms with Gasteiger partial charge in [-0.1, -0.05) is 42.5 Å². The predicted molar refractivity (Wildman–Crippen MR) is 65.8 cm³/mol. The SMILES string of the molecule is c1ccc(C2=Nc3ccccc3NN2)cc1. The monoisotopic (exact) mass is 209 g/mol. The van der Waals surface area contributed by atoms with Gasteiger partial charge < -0.3 is 0 Å². The molecule has 2 N–H and O–H groups in total. The molecule has 0 fully saturated rings. The van der Waals surface area contributed by atoms with Crippen molar-refractivity contribution >= 4 is 17.2 Å². The molecular weight excluding hydrogens is 198 g/mol. The lowest BCUT2D eigenvalue weighted by Gasteiger charge is -2.19. The van der Waals surface area contributed by atoms with Crippen LogP contribution < -0.4 is 10.9 Å². The summed E-state index contributed by atoms with van der Waals surface area (Å²) in [5.74, 6) is 0.847. The number of aliphatic imine (C=N–C) groups is 1. The molecule has 0 bridgehead atoms. The maximum Gasteiger partial charge on any atom is 0.152 e. The molecular formula is C13H11N3. The van der Waals surface area contributed by atoms with E-state index in [4.69, 9.17) is 0 Å². The van der Waals surface area contributed by atoms with Gasteiger partial charge in [0.25, 0.3) is 0 Å². The molecule has 3 heteroatoms. The number of hydrazine groups is 1. The summed E-state index contributed by atoms with van der Waals surface area (Å²) in [5.41, 5.74) is 9.26. The van der Waals surface area contributed by atoms with E-state index in [9.17, 15) is 0 Å². The molecule has 0 aromatic heterocycles. The van der Waals surface area contributed by atoms with Crippen LogP contribution in [0.4, 0.5) is 11.4 Å². The van der Waals surface area contributed by atoms with Crippen molar-refractivity contribution in [3.63, 3.8) is 0 Å². The molecule has 0 amide bonds. The van der Waals surface area contributed by atoms with Crippen LogP contribution in [0.5, 0.6) is 0 Å². The summed E-state index contributed by atoms with van der Waals surface area (Å²) in [4.78, 5) is 4.56. The van der Waals surface area contributed by atoms with Crippen molar-refractivity contribution in [2.45, 2.75) is 0 Å². The van der Waals surface area contributed by atoms with Crippen LogP contribution in [-0.4, -0.2) is 5.84 Å². The maximum absolute atomic E-state index is 4.56. The zero-order valence-corrected chi connectivity index (χ0v) is 8.64. The highest BCUT2D eigenvalue weighted by molar-refractivity contribution is 6.03. The van der Waals surface area contributed by atoms with Gasteiger partial charge >= 0.3 is 0 Å². The third kappa shape index (κ3) is 1.52. The average molecular weight is 209 g/mol.